The second-order valence-corrected chi connectivity index (χ2v) is 2.63. The Morgan fingerprint density at radius 2 is 2.33 bits per heavy atom. The fourth-order valence-electron chi connectivity index (χ4n) is 0.702. The molecule has 1 aromatic rings. The highest BCUT2D eigenvalue weighted by molar-refractivity contribution is 6.32. The monoisotopic (exact) mass is 185 g/mol. The van der Waals surface area contributed by atoms with E-state index in [1.165, 1.54) is 24.3 Å². The molecule has 0 aliphatic carbocycles. The van der Waals surface area contributed by atoms with Crippen molar-refractivity contribution in [2.24, 2.45) is 0 Å². The van der Waals surface area contributed by atoms with E-state index in [-0.39, 0.29) is 11.1 Å². The van der Waals surface area contributed by atoms with E-state index in [0.29, 0.717) is 5.69 Å². The molecule has 1 aromatic heterocycles. The first-order valence-corrected chi connectivity index (χ1v) is 3.70. The van der Waals surface area contributed by atoms with Gasteiger partial charge in [-0.1, -0.05) is 11.6 Å². The van der Waals surface area contributed by atoms with Crippen LogP contribution in [0.4, 0.5) is 5.69 Å². The fourth-order valence-corrected chi connectivity index (χ4v) is 0.921. The smallest absolute Gasteiger partial charge is 0.223 e. The third-order valence-corrected chi connectivity index (χ3v) is 1.77. The number of halogens is 1. The van der Waals surface area contributed by atoms with Gasteiger partial charge in [-0.25, -0.2) is 9.97 Å². The Hall–Kier alpha value is -1.16. The van der Waals surface area contributed by atoms with Gasteiger partial charge in [-0.3, -0.25) is 4.79 Å². The summed E-state index contributed by atoms with van der Waals surface area (Å²) in [5.41, 5.74) is 0.520. The zero-order valence-electron chi connectivity index (χ0n) is 6.78. The van der Waals surface area contributed by atoms with Crippen LogP contribution in [0.25, 0.3) is 0 Å². The molecular weight excluding hydrogens is 178 g/mol. The second-order valence-electron chi connectivity index (χ2n) is 2.28. The lowest BCUT2D eigenvalue weighted by molar-refractivity contribution is -0.116. The van der Waals surface area contributed by atoms with Crippen LogP contribution in [-0.2, 0) is 4.79 Å². The molecule has 0 saturated heterocycles. The molecule has 12 heavy (non-hydrogen) atoms. The number of hydrogen-bond donors (Lipinski definition) is 0. The zero-order chi connectivity index (χ0) is 9.14. The molecule has 0 fully saturated rings. The molecular formula is C7H8ClN3O. The Kier molecular flexibility index (Phi) is 2.60. The van der Waals surface area contributed by atoms with Crippen molar-refractivity contribution >= 4 is 23.2 Å². The molecule has 0 aromatic carbocycles. The Balaban J connectivity index is 3.02. The molecule has 0 aliphatic heterocycles. The predicted molar refractivity (Wildman–Crippen MR) is 46.1 cm³/mol. The summed E-state index contributed by atoms with van der Waals surface area (Å²) in [5, 5.41) is 0.280. The highest BCUT2D eigenvalue weighted by Gasteiger charge is 2.09. The number of amides is 1. The fraction of sp³-hybridized carbons (Fsp3) is 0.286. The minimum Gasteiger partial charge on any atom is -0.312 e. The largest absolute Gasteiger partial charge is 0.312 e. The van der Waals surface area contributed by atoms with E-state index in [1.807, 2.05) is 0 Å². The lowest BCUT2D eigenvalue weighted by Gasteiger charge is -2.14. The topological polar surface area (TPSA) is 46.1 Å². The number of rotatable bonds is 1. The third-order valence-electron chi connectivity index (χ3n) is 1.48. The molecule has 0 unspecified atom stereocenters. The lowest BCUT2D eigenvalue weighted by Crippen LogP contribution is -2.23. The summed E-state index contributed by atoms with van der Waals surface area (Å²) < 4.78 is 0. The van der Waals surface area contributed by atoms with Crippen molar-refractivity contribution in [3.8, 4) is 0 Å². The van der Waals surface area contributed by atoms with E-state index in [4.69, 9.17) is 11.6 Å². The molecule has 1 heterocycles. The zero-order valence-corrected chi connectivity index (χ0v) is 7.54. The van der Waals surface area contributed by atoms with Crippen molar-refractivity contribution in [3.63, 3.8) is 0 Å². The minimum atomic E-state index is -0.105. The summed E-state index contributed by atoms with van der Waals surface area (Å²) in [6.45, 7) is 1.45. The molecule has 0 atom stereocenters. The number of aromatic nitrogens is 2. The Bertz CT molecular complexity index is 302. The van der Waals surface area contributed by atoms with Crippen molar-refractivity contribution in [2.45, 2.75) is 6.92 Å². The first-order valence-electron chi connectivity index (χ1n) is 3.32. The van der Waals surface area contributed by atoms with Crippen LogP contribution in [0.3, 0.4) is 0 Å². The van der Waals surface area contributed by atoms with Gasteiger partial charge in [0.2, 0.25) is 5.91 Å². The van der Waals surface area contributed by atoms with Crippen molar-refractivity contribution < 1.29 is 4.79 Å². The Labute approximate surface area is 75.2 Å². The van der Waals surface area contributed by atoms with Gasteiger partial charge in [-0.05, 0) is 0 Å². The van der Waals surface area contributed by atoms with Crippen molar-refractivity contribution in [2.75, 3.05) is 11.9 Å². The maximum atomic E-state index is 10.9. The average molecular weight is 186 g/mol. The van der Waals surface area contributed by atoms with E-state index in [9.17, 15) is 4.79 Å². The van der Waals surface area contributed by atoms with Crippen molar-refractivity contribution in [1.82, 2.24) is 9.97 Å². The standard InChI is InChI=1S/C7H8ClN3O/c1-5(12)11(2)6-3-9-4-10-7(6)8/h3-4H,1-2H3. The normalized spacial score (nSPS) is 9.58. The van der Waals surface area contributed by atoms with E-state index < -0.39 is 0 Å². The maximum absolute atomic E-state index is 10.9. The van der Waals surface area contributed by atoms with Crippen LogP contribution in [0.2, 0.25) is 5.15 Å². The highest BCUT2D eigenvalue weighted by Crippen LogP contribution is 2.19. The molecule has 1 amide bonds. The SMILES string of the molecule is CC(=O)N(C)c1cncnc1Cl. The molecule has 0 saturated carbocycles. The number of carbonyl (C=O) groups is 1. The van der Waals surface area contributed by atoms with Gasteiger partial charge in [0.25, 0.3) is 0 Å². The van der Waals surface area contributed by atoms with Crippen molar-refractivity contribution in [3.05, 3.63) is 17.7 Å². The molecule has 64 valence electrons. The van der Waals surface area contributed by atoms with E-state index >= 15 is 0 Å². The summed E-state index contributed by atoms with van der Waals surface area (Å²) >= 11 is 5.72. The molecule has 0 spiro atoms. The van der Waals surface area contributed by atoms with Crippen LogP contribution in [0.5, 0.6) is 0 Å². The van der Waals surface area contributed by atoms with Gasteiger partial charge in [0.1, 0.15) is 6.33 Å². The Morgan fingerprint density at radius 1 is 1.67 bits per heavy atom. The maximum Gasteiger partial charge on any atom is 0.223 e. The van der Waals surface area contributed by atoms with Gasteiger partial charge in [0.05, 0.1) is 11.9 Å². The van der Waals surface area contributed by atoms with Crippen LogP contribution in [0.15, 0.2) is 12.5 Å². The summed E-state index contributed by atoms with van der Waals surface area (Å²) in [6, 6.07) is 0. The first-order chi connectivity index (χ1) is 5.63. The van der Waals surface area contributed by atoms with Gasteiger partial charge in [0, 0.05) is 14.0 Å². The number of nitrogens with zero attached hydrogens (tertiary/aromatic N) is 3. The van der Waals surface area contributed by atoms with Crippen LogP contribution in [0.1, 0.15) is 6.92 Å². The van der Waals surface area contributed by atoms with Crippen LogP contribution < -0.4 is 4.90 Å². The molecule has 0 bridgehead atoms. The predicted octanol–water partition coefficient (Wildman–Crippen LogP) is 1.11. The third kappa shape index (κ3) is 1.71. The van der Waals surface area contributed by atoms with E-state index in [0.717, 1.165) is 0 Å². The number of anilines is 1. The summed E-state index contributed by atoms with van der Waals surface area (Å²) in [6.07, 6.45) is 2.83. The van der Waals surface area contributed by atoms with Gasteiger partial charge < -0.3 is 4.90 Å². The first kappa shape index (κ1) is 8.93. The van der Waals surface area contributed by atoms with Crippen molar-refractivity contribution in [1.29, 1.82) is 0 Å². The van der Waals surface area contributed by atoms with Gasteiger partial charge in [-0.15, -0.1) is 0 Å². The molecule has 1 rings (SSSR count). The molecule has 0 aliphatic rings. The minimum absolute atomic E-state index is 0.105. The van der Waals surface area contributed by atoms with E-state index in [1.54, 1.807) is 7.05 Å². The molecule has 5 heteroatoms. The lowest BCUT2D eigenvalue weighted by atomic mass is 10.4. The van der Waals surface area contributed by atoms with Gasteiger partial charge >= 0.3 is 0 Å². The summed E-state index contributed by atoms with van der Waals surface area (Å²) in [7, 11) is 1.62. The van der Waals surface area contributed by atoms with Crippen LogP contribution >= 0.6 is 11.6 Å². The summed E-state index contributed by atoms with van der Waals surface area (Å²) in [5.74, 6) is -0.105. The average Bonchev–Trinajstić information content (AvgIpc) is 2.04. The number of hydrogen-bond acceptors (Lipinski definition) is 3. The Morgan fingerprint density at radius 3 is 2.83 bits per heavy atom. The van der Waals surface area contributed by atoms with Gasteiger partial charge in [-0.2, -0.15) is 0 Å². The van der Waals surface area contributed by atoms with Crippen LogP contribution in [-0.4, -0.2) is 22.9 Å². The molecule has 4 nitrogen and oxygen atoms in total. The second kappa shape index (κ2) is 3.49. The summed E-state index contributed by atoms with van der Waals surface area (Å²) in [4.78, 5) is 19.8. The molecule has 0 N–H and O–H groups in total. The number of carbonyl (C=O) groups excluding carboxylic acids is 1. The van der Waals surface area contributed by atoms with E-state index in [2.05, 4.69) is 9.97 Å². The highest BCUT2D eigenvalue weighted by atomic mass is 35.5. The van der Waals surface area contributed by atoms with Crippen LogP contribution in [0, 0.1) is 0 Å². The van der Waals surface area contributed by atoms with Gasteiger partial charge in [0.15, 0.2) is 5.15 Å². The quantitative estimate of drug-likeness (QED) is 0.616. The molecule has 0 radical (unpaired) electrons.